The van der Waals surface area contributed by atoms with Crippen LogP contribution in [0.2, 0.25) is 5.02 Å². The van der Waals surface area contributed by atoms with E-state index in [1.165, 1.54) is 17.7 Å². The molecule has 1 fully saturated rings. The second-order valence-electron chi connectivity index (χ2n) is 8.35. The molecule has 0 aliphatic carbocycles. The van der Waals surface area contributed by atoms with Gasteiger partial charge in [-0.2, -0.15) is 9.50 Å². The van der Waals surface area contributed by atoms with Gasteiger partial charge in [0.15, 0.2) is 5.82 Å². The Morgan fingerprint density at radius 1 is 0.970 bits per heavy atom. The van der Waals surface area contributed by atoms with E-state index in [1.807, 2.05) is 35.7 Å². The van der Waals surface area contributed by atoms with Gasteiger partial charge in [0.2, 0.25) is 0 Å². The molecule has 2 aromatic carbocycles. The van der Waals surface area contributed by atoms with Crippen molar-refractivity contribution in [1.82, 2.24) is 19.6 Å². The summed E-state index contributed by atoms with van der Waals surface area (Å²) in [5, 5.41) is 5.55. The van der Waals surface area contributed by atoms with Crippen LogP contribution < -0.4 is 9.80 Å². The van der Waals surface area contributed by atoms with Crippen LogP contribution in [0.4, 0.5) is 15.9 Å². The summed E-state index contributed by atoms with van der Waals surface area (Å²) in [5.41, 5.74) is 4.14. The fourth-order valence-corrected chi connectivity index (χ4v) is 4.74. The van der Waals surface area contributed by atoms with Gasteiger partial charge in [-0.05, 0) is 49.2 Å². The van der Waals surface area contributed by atoms with Gasteiger partial charge in [0.25, 0.3) is 5.78 Å². The zero-order chi connectivity index (χ0) is 22.9. The number of benzene rings is 2. The Morgan fingerprint density at radius 2 is 1.73 bits per heavy atom. The van der Waals surface area contributed by atoms with E-state index in [-0.39, 0.29) is 5.82 Å². The minimum absolute atomic E-state index is 0.253. The van der Waals surface area contributed by atoms with Crippen LogP contribution in [0.15, 0.2) is 48.5 Å². The number of anilines is 2. The van der Waals surface area contributed by atoms with E-state index in [1.54, 1.807) is 6.07 Å². The Bertz CT molecular complexity index is 1300. The number of piperazine rings is 1. The molecule has 0 unspecified atom stereocenters. The molecule has 3 heterocycles. The Labute approximate surface area is 197 Å². The molecule has 1 aliphatic rings. The Kier molecular flexibility index (Phi) is 5.89. The molecule has 0 bridgehead atoms. The maximum atomic E-state index is 13.6. The van der Waals surface area contributed by atoms with Gasteiger partial charge in [0, 0.05) is 54.6 Å². The van der Waals surface area contributed by atoms with Crippen molar-refractivity contribution in [2.75, 3.05) is 36.0 Å². The molecule has 0 amide bonds. The van der Waals surface area contributed by atoms with Gasteiger partial charge in [-0.15, -0.1) is 5.10 Å². The van der Waals surface area contributed by atoms with Crippen molar-refractivity contribution in [3.63, 3.8) is 0 Å². The van der Waals surface area contributed by atoms with E-state index in [0.717, 1.165) is 60.4 Å². The number of nitrogens with zero attached hydrogens (tertiary/aromatic N) is 6. The van der Waals surface area contributed by atoms with Crippen LogP contribution in [0.5, 0.6) is 0 Å². The molecule has 0 radical (unpaired) electrons. The fraction of sp³-hybridized carbons (Fsp3) is 0.320. The molecule has 1 aliphatic heterocycles. The molecule has 5 rings (SSSR count). The van der Waals surface area contributed by atoms with Crippen molar-refractivity contribution >= 4 is 28.9 Å². The molecule has 170 valence electrons. The number of rotatable bonds is 5. The Morgan fingerprint density at radius 3 is 2.45 bits per heavy atom. The summed E-state index contributed by atoms with van der Waals surface area (Å²) in [4.78, 5) is 14.1. The van der Waals surface area contributed by atoms with Crippen LogP contribution in [0.1, 0.15) is 29.6 Å². The molecule has 1 saturated heterocycles. The van der Waals surface area contributed by atoms with E-state index in [2.05, 4.69) is 27.8 Å². The second-order valence-corrected chi connectivity index (χ2v) is 8.79. The van der Waals surface area contributed by atoms with Gasteiger partial charge < -0.3 is 9.80 Å². The van der Waals surface area contributed by atoms with Gasteiger partial charge in [0.05, 0.1) is 0 Å². The molecule has 8 heteroatoms. The van der Waals surface area contributed by atoms with E-state index >= 15 is 0 Å². The van der Waals surface area contributed by atoms with Crippen LogP contribution in [0.25, 0.3) is 5.78 Å². The first-order valence-electron chi connectivity index (χ1n) is 11.3. The van der Waals surface area contributed by atoms with E-state index in [4.69, 9.17) is 21.7 Å². The SMILES string of the molecule is CCc1c(C)nc2nc(Cc3cccc(F)c3)nn2c1N1CCN(c2cccc(Cl)c2)CC1. The third kappa shape index (κ3) is 4.37. The summed E-state index contributed by atoms with van der Waals surface area (Å²) in [6.07, 6.45) is 1.32. The Balaban J connectivity index is 1.46. The van der Waals surface area contributed by atoms with Gasteiger partial charge in [-0.1, -0.05) is 36.7 Å². The largest absolute Gasteiger partial charge is 0.368 e. The van der Waals surface area contributed by atoms with Gasteiger partial charge >= 0.3 is 0 Å². The van der Waals surface area contributed by atoms with Crippen molar-refractivity contribution in [3.05, 3.63) is 82.0 Å². The topological polar surface area (TPSA) is 49.6 Å². The summed E-state index contributed by atoms with van der Waals surface area (Å²) in [7, 11) is 0. The third-order valence-electron chi connectivity index (χ3n) is 6.17. The monoisotopic (exact) mass is 464 g/mol. The van der Waals surface area contributed by atoms with Gasteiger partial charge in [0.1, 0.15) is 11.6 Å². The molecule has 2 aromatic heterocycles. The highest BCUT2D eigenvalue weighted by Crippen LogP contribution is 2.27. The highest BCUT2D eigenvalue weighted by atomic mass is 35.5. The average molecular weight is 465 g/mol. The van der Waals surface area contributed by atoms with Crippen LogP contribution in [0.3, 0.4) is 0 Å². The lowest BCUT2D eigenvalue weighted by Crippen LogP contribution is -2.47. The van der Waals surface area contributed by atoms with Crippen molar-refractivity contribution in [2.45, 2.75) is 26.7 Å². The number of fused-ring (bicyclic) bond motifs is 1. The number of hydrogen-bond donors (Lipinski definition) is 0. The molecule has 6 nitrogen and oxygen atoms in total. The predicted molar refractivity (Wildman–Crippen MR) is 130 cm³/mol. The summed E-state index contributed by atoms with van der Waals surface area (Å²) in [5.74, 6) is 2.03. The predicted octanol–water partition coefficient (Wildman–Crippen LogP) is 4.71. The normalized spacial score (nSPS) is 14.3. The molecule has 0 atom stereocenters. The van der Waals surface area contributed by atoms with Crippen LogP contribution in [-0.4, -0.2) is 45.8 Å². The highest BCUT2D eigenvalue weighted by molar-refractivity contribution is 6.30. The summed E-state index contributed by atoms with van der Waals surface area (Å²) >= 11 is 6.20. The number of aromatic nitrogens is 4. The van der Waals surface area contributed by atoms with Crippen molar-refractivity contribution in [3.8, 4) is 0 Å². The van der Waals surface area contributed by atoms with Crippen molar-refractivity contribution in [1.29, 1.82) is 0 Å². The lowest BCUT2D eigenvalue weighted by atomic mass is 10.1. The first-order chi connectivity index (χ1) is 16.0. The van der Waals surface area contributed by atoms with Gasteiger partial charge in [-0.3, -0.25) is 0 Å². The minimum atomic E-state index is -0.253. The molecule has 4 aromatic rings. The van der Waals surface area contributed by atoms with Crippen LogP contribution >= 0.6 is 11.6 Å². The average Bonchev–Trinajstić information content (AvgIpc) is 3.19. The second kappa shape index (κ2) is 8.98. The number of hydrogen-bond acceptors (Lipinski definition) is 5. The zero-order valence-corrected chi connectivity index (χ0v) is 19.6. The van der Waals surface area contributed by atoms with Crippen LogP contribution in [0, 0.1) is 12.7 Å². The van der Waals surface area contributed by atoms with E-state index in [0.29, 0.717) is 18.0 Å². The van der Waals surface area contributed by atoms with Gasteiger partial charge in [-0.25, -0.2) is 9.37 Å². The lowest BCUT2D eigenvalue weighted by molar-refractivity contribution is 0.625. The molecular weight excluding hydrogens is 439 g/mol. The molecule has 33 heavy (non-hydrogen) atoms. The lowest BCUT2D eigenvalue weighted by Gasteiger charge is -2.38. The van der Waals surface area contributed by atoms with E-state index in [9.17, 15) is 4.39 Å². The summed E-state index contributed by atoms with van der Waals surface area (Å²) < 4.78 is 15.5. The first kappa shape index (κ1) is 21.6. The van der Waals surface area contributed by atoms with Crippen LogP contribution in [-0.2, 0) is 12.8 Å². The summed E-state index contributed by atoms with van der Waals surface area (Å²) in [6.45, 7) is 7.67. The minimum Gasteiger partial charge on any atom is -0.368 e. The fourth-order valence-electron chi connectivity index (χ4n) is 4.56. The number of halogens is 2. The maximum absolute atomic E-state index is 13.6. The smallest absolute Gasteiger partial charge is 0.254 e. The molecule has 0 N–H and O–H groups in total. The molecular formula is C25H26ClFN6. The summed E-state index contributed by atoms with van der Waals surface area (Å²) in [6, 6.07) is 14.6. The highest BCUT2D eigenvalue weighted by Gasteiger charge is 2.24. The Hall–Kier alpha value is -3.19. The molecule has 0 spiro atoms. The van der Waals surface area contributed by atoms with E-state index < -0.39 is 0 Å². The standard InChI is InChI=1S/C25H26ClFN6/c1-3-22-17(2)28-25-29-23(15-18-6-4-8-20(27)14-18)30-33(25)24(22)32-12-10-31(11-13-32)21-9-5-7-19(26)16-21/h4-9,14,16H,3,10-13,15H2,1-2H3. The quantitative estimate of drug-likeness (QED) is 0.428. The molecule has 0 saturated carbocycles. The third-order valence-corrected chi connectivity index (χ3v) is 6.40. The van der Waals surface area contributed by atoms with Crippen molar-refractivity contribution < 1.29 is 4.39 Å². The number of aryl methyl sites for hydroxylation is 1. The first-order valence-corrected chi connectivity index (χ1v) is 11.6. The maximum Gasteiger partial charge on any atom is 0.254 e. The van der Waals surface area contributed by atoms with Crippen molar-refractivity contribution in [2.24, 2.45) is 0 Å². The zero-order valence-electron chi connectivity index (χ0n) is 18.8.